The Hall–Kier alpha value is -0.160. The van der Waals surface area contributed by atoms with Gasteiger partial charge in [0.25, 0.3) is 0 Å². The Morgan fingerprint density at radius 1 is 1.00 bits per heavy atom. The van der Waals surface area contributed by atoms with Crippen LogP contribution >= 0.6 is 0 Å². The molecule has 0 unspecified atom stereocenters. The van der Waals surface area contributed by atoms with Crippen LogP contribution in [0.5, 0.6) is 0 Å². The molecule has 0 amide bonds. The Labute approximate surface area is 73.8 Å². The van der Waals surface area contributed by atoms with E-state index >= 15 is 0 Å². The van der Waals surface area contributed by atoms with Crippen molar-refractivity contribution >= 4 is 0 Å². The Morgan fingerprint density at radius 2 is 1.67 bits per heavy atom. The molecule has 0 aliphatic heterocycles. The summed E-state index contributed by atoms with van der Waals surface area (Å²) in [5.74, 6) is 4.56. The first kappa shape index (κ1) is 11.8. The summed E-state index contributed by atoms with van der Waals surface area (Å²) in [5, 5.41) is 4.04. The molecular weight excluding hydrogens is 158 g/mol. The second-order valence-electron chi connectivity index (χ2n) is 2.75. The van der Waals surface area contributed by atoms with Gasteiger partial charge in [-0.3, -0.25) is 0 Å². The lowest BCUT2D eigenvalue weighted by Gasteiger charge is -1.99. The normalized spacial score (nSPS) is 10.5. The molecule has 0 rings (SSSR count). The average Bonchev–Trinajstić information content (AvgIpc) is 2.10. The second kappa shape index (κ2) is 10.8. The van der Waals surface area contributed by atoms with Gasteiger partial charge in [0.1, 0.15) is 0 Å². The Balaban J connectivity index is 2.73. The third kappa shape index (κ3) is 9.84. The number of nitrogens with two attached hydrogens (primary N) is 1. The van der Waals surface area contributed by atoms with E-state index < -0.39 is 0 Å². The van der Waals surface area contributed by atoms with Crippen LogP contribution in [-0.2, 0) is 14.9 Å². The highest BCUT2D eigenvalue weighted by molar-refractivity contribution is 4.41. The van der Waals surface area contributed by atoms with Crippen LogP contribution < -0.4 is 5.90 Å². The second-order valence-corrected chi connectivity index (χ2v) is 2.75. The van der Waals surface area contributed by atoms with Crippen molar-refractivity contribution in [3.63, 3.8) is 0 Å². The molecule has 0 radical (unpaired) electrons. The van der Waals surface area contributed by atoms with E-state index in [0.717, 1.165) is 6.42 Å². The van der Waals surface area contributed by atoms with E-state index in [9.17, 15) is 0 Å². The highest BCUT2D eigenvalue weighted by atomic mass is 17.5. The SMILES string of the molecule is CCCCCCCCOOON. The molecule has 4 heteroatoms. The lowest BCUT2D eigenvalue weighted by Crippen LogP contribution is -2.02. The first-order chi connectivity index (χ1) is 5.91. The summed E-state index contributed by atoms with van der Waals surface area (Å²) in [6, 6.07) is 0. The van der Waals surface area contributed by atoms with Crippen molar-refractivity contribution < 1.29 is 14.9 Å². The van der Waals surface area contributed by atoms with Crippen molar-refractivity contribution in [3.8, 4) is 0 Å². The number of hydrogen-bond donors (Lipinski definition) is 1. The van der Waals surface area contributed by atoms with Gasteiger partial charge >= 0.3 is 0 Å². The molecule has 2 N–H and O–H groups in total. The predicted molar refractivity (Wildman–Crippen MR) is 45.7 cm³/mol. The van der Waals surface area contributed by atoms with Crippen LogP contribution in [0, 0.1) is 0 Å². The fourth-order valence-electron chi connectivity index (χ4n) is 1.00. The summed E-state index contributed by atoms with van der Waals surface area (Å²) < 4.78 is 0. The molecule has 0 aromatic carbocycles. The maximum atomic E-state index is 4.56. The van der Waals surface area contributed by atoms with Crippen LogP contribution in [0.4, 0.5) is 0 Å². The summed E-state index contributed by atoms with van der Waals surface area (Å²) in [6.07, 6.45) is 7.34. The quantitative estimate of drug-likeness (QED) is 0.333. The molecule has 74 valence electrons. The summed E-state index contributed by atoms with van der Waals surface area (Å²) in [4.78, 5) is 8.31. The summed E-state index contributed by atoms with van der Waals surface area (Å²) in [6.45, 7) is 2.75. The van der Waals surface area contributed by atoms with E-state index in [1.54, 1.807) is 0 Å². The number of hydrogen-bond acceptors (Lipinski definition) is 4. The minimum atomic E-state index is 0.545. The molecule has 0 aromatic heterocycles. The maximum Gasteiger partial charge on any atom is 0.0854 e. The van der Waals surface area contributed by atoms with E-state index in [4.69, 9.17) is 0 Å². The molecule has 0 saturated carbocycles. The standard InChI is InChI=1S/C8H19NO3/c1-2-3-4-5-6-7-8-10-12-11-9/h2-9H2,1H3. The van der Waals surface area contributed by atoms with Crippen LogP contribution in [0.15, 0.2) is 0 Å². The van der Waals surface area contributed by atoms with Crippen molar-refractivity contribution in [3.05, 3.63) is 0 Å². The minimum absolute atomic E-state index is 0.545. The van der Waals surface area contributed by atoms with Crippen LogP contribution in [-0.4, -0.2) is 6.61 Å². The zero-order valence-corrected chi connectivity index (χ0v) is 7.75. The van der Waals surface area contributed by atoms with E-state index in [-0.39, 0.29) is 0 Å². The molecule has 0 bridgehead atoms. The zero-order chi connectivity index (χ0) is 9.07. The minimum Gasteiger partial charge on any atom is -0.205 e. The number of unbranched alkanes of at least 4 members (excludes halogenated alkanes) is 5. The van der Waals surface area contributed by atoms with Gasteiger partial charge in [-0.2, -0.15) is 5.90 Å². The van der Waals surface area contributed by atoms with Crippen molar-refractivity contribution in [2.75, 3.05) is 6.61 Å². The molecule has 0 spiro atoms. The summed E-state index contributed by atoms with van der Waals surface area (Å²) >= 11 is 0. The van der Waals surface area contributed by atoms with Crippen molar-refractivity contribution in [2.24, 2.45) is 5.90 Å². The largest absolute Gasteiger partial charge is 0.205 e. The maximum absolute atomic E-state index is 4.56. The third-order valence-electron chi connectivity index (χ3n) is 1.67. The first-order valence-electron chi connectivity index (χ1n) is 4.56. The topological polar surface area (TPSA) is 53.7 Å². The molecule has 0 heterocycles. The Bertz CT molecular complexity index is 70.7. The fourth-order valence-corrected chi connectivity index (χ4v) is 1.00. The highest BCUT2D eigenvalue weighted by Gasteiger charge is 1.90. The van der Waals surface area contributed by atoms with E-state index in [1.807, 2.05) is 0 Å². The Morgan fingerprint density at radius 3 is 2.33 bits per heavy atom. The first-order valence-corrected chi connectivity index (χ1v) is 4.56. The van der Waals surface area contributed by atoms with Crippen LogP contribution in [0.25, 0.3) is 0 Å². The highest BCUT2D eigenvalue weighted by Crippen LogP contribution is 2.04. The molecule has 0 aliphatic carbocycles. The summed E-state index contributed by atoms with van der Waals surface area (Å²) in [5.41, 5.74) is 0. The monoisotopic (exact) mass is 177 g/mol. The van der Waals surface area contributed by atoms with Gasteiger partial charge in [0.05, 0.1) is 6.61 Å². The molecule has 4 nitrogen and oxygen atoms in total. The fraction of sp³-hybridized carbons (Fsp3) is 1.00. The van der Waals surface area contributed by atoms with E-state index in [2.05, 4.69) is 27.7 Å². The van der Waals surface area contributed by atoms with Crippen LogP contribution in [0.3, 0.4) is 0 Å². The van der Waals surface area contributed by atoms with Crippen molar-refractivity contribution in [1.82, 2.24) is 0 Å². The molecular formula is C8H19NO3. The van der Waals surface area contributed by atoms with Gasteiger partial charge in [-0.25, -0.2) is 4.89 Å². The number of rotatable bonds is 9. The van der Waals surface area contributed by atoms with Crippen LogP contribution in [0.1, 0.15) is 45.4 Å². The van der Waals surface area contributed by atoms with Gasteiger partial charge in [0.15, 0.2) is 0 Å². The molecule has 0 saturated heterocycles. The van der Waals surface area contributed by atoms with Gasteiger partial charge in [0.2, 0.25) is 0 Å². The molecule has 0 aromatic rings. The van der Waals surface area contributed by atoms with E-state index in [1.165, 1.54) is 32.1 Å². The summed E-state index contributed by atoms with van der Waals surface area (Å²) in [7, 11) is 0. The molecule has 0 atom stereocenters. The Kier molecular flexibility index (Phi) is 10.7. The van der Waals surface area contributed by atoms with Crippen LogP contribution in [0.2, 0.25) is 0 Å². The third-order valence-corrected chi connectivity index (χ3v) is 1.67. The van der Waals surface area contributed by atoms with Gasteiger partial charge < -0.3 is 0 Å². The lowest BCUT2D eigenvalue weighted by molar-refractivity contribution is -0.516. The van der Waals surface area contributed by atoms with Crippen molar-refractivity contribution in [2.45, 2.75) is 45.4 Å². The molecule has 0 aliphatic rings. The predicted octanol–water partition coefficient (Wildman–Crippen LogP) is 2.10. The van der Waals surface area contributed by atoms with Gasteiger partial charge in [-0.05, 0) is 11.5 Å². The lowest BCUT2D eigenvalue weighted by atomic mass is 10.1. The van der Waals surface area contributed by atoms with Gasteiger partial charge in [-0.15, -0.1) is 4.99 Å². The molecule has 0 fully saturated rings. The molecule has 12 heavy (non-hydrogen) atoms. The smallest absolute Gasteiger partial charge is 0.0854 e. The van der Waals surface area contributed by atoms with E-state index in [0.29, 0.717) is 6.61 Å². The van der Waals surface area contributed by atoms with Gasteiger partial charge in [0, 0.05) is 0 Å². The van der Waals surface area contributed by atoms with Crippen molar-refractivity contribution in [1.29, 1.82) is 0 Å². The average molecular weight is 177 g/mol. The zero-order valence-electron chi connectivity index (χ0n) is 7.75. The van der Waals surface area contributed by atoms with Gasteiger partial charge in [-0.1, -0.05) is 39.0 Å².